The Labute approximate surface area is 137 Å². The van der Waals surface area contributed by atoms with Crippen molar-refractivity contribution in [1.82, 2.24) is 4.98 Å². The van der Waals surface area contributed by atoms with E-state index >= 15 is 0 Å². The van der Waals surface area contributed by atoms with Crippen LogP contribution in [0.2, 0.25) is 10.0 Å². The first-order valence-corrected chi connectivity index (χ1v) is 6.99. The minimum absolute atomic E-state index is 0.0119. The molecule has 0 aliphatic rings. The molecule has 1 N–H and O–H groups in total. The quantitative estimate of drug-likeness (QED) is 0.624. The molecule has 1 aromatic carbocycles. The van der Waals surface area contributed by atoms with Gasteiger partial charge in [0.25, 0.3) is 11.6 Å². The summed E-state index contributed by atoms with van der Waals surface area (Å²) in [6.45, 7) is 0. The molecule has 9 heteroatoms. The number of aromatic nitrogens is 1. The zero-order valence-electron chi connectivity index (χ0n) is 10.1. The van der Waals surface area contributed by atoms with Gasteiger partial charge in [-0.3, -0.25) is 14.9 Å². The number of hydrogen-bond donors (Lipinski definition) is 1. The van der Waals surface area contributed by atoms with Crippen LogP contribution in [-0.2, 0) is 0 Å². The predicted molar refractivity (Wildman–Crippen MR) is 83.0 cm³/mol. The SMILES string of the molecule is O=C(Nc1cc(Br)ccn1)c1cc(Cl)c(Cl)c([N+](=O)[O-])c1. The van der Waals surface area contributed by atoms with Gasteiger partial charge in [-0.2, -0.15) is 0 Å². The second kappa shape index (κ2) is 6.38. The number of nitrogens with one attached hydrogen (secondary N) is 1. The molecule has 0 radical (unpaired) electrons. The van der Waals surface area contributed by atoms with Gasteiger partial charge in [0.15, 0.2) is 0 Å². The van der Waals surface area contributed by atoms with Crippen molar-refractivity contribution >= 4 is 56.5 Å². The third-order valence-corrected chi connectivity index (χ3v) is 3.72. The van der Waals surface area contributed by atoms with Gasteiger partial charge in [-0.05, 0) is 18.2 Å². The molecule has 0 saturated carbocycles. The molecule has 0 bridgehead atoms. The first-order chi connectivity index (χ1) is 9.88. The Morgan fingerprint density at radius 1 is 1.33 bits per heavy atom. The molecule has 1 amide bonds. The molecule has 2 aromatic rings. The molecule has 0 unspecified atom stereocenters. The molecule has 0 atom stereocenters. The van der Waals surface area contributed by atoms with E-state index < -0.39 is 16.5 Å². The Balaban J connectivity index is 2.33. The molecular formula is C12H6BrCl2N3O3. The standard InChI is InChI=1S/C12H6BrCl2N3O3/c13-7-1-2-16-10(5-7)17-12(19)6-3-8(14)11(15)9(4-6)18(20)21/h1-5H,(H,16,17,19). The van der Waals surface area contributed by atoms with Crippen molar-refractivity contribution in [3.8, 4) is 0 Å². The topological polar surface area (TPSA) is 85.1 Å². The number of halogens is 3. The number of nitro groups is 1. The average molecular weight is 391 g/mol. The summed E-state index contributed by atoms with van der Waals surface area (Å²) in [6.07, 6.45) is 1.50. The normalized spacial score (nSPS) is 10.2. The lowest BCUT2D eigenvalue weighted by atomic mass is 10.2. The molecule has 0 aliphatic carbocycles. The van der Waals surface area contributed by atoms with E-state index in [4.69, 9.17) is 23.2 Å². The highest BCUT2D eigenvalue weighted by molar-refractivity contribution is 9.10. The minimum Gasteiger partial charge on any atom is -0.307 e. The molecule has 21 heavy (non-hydrogen) atoms. The summed E-state index contributed by atoms with van der Waals surface area (Å²) in [6, 6.07) is 5.59. The zero-order chi connectivity index (χ0) is 15.6. The van der Waals surface area contributed by atoms with Crippen LogP contribution in [0.4, 0.5) is 11.5 Å². The van der Waals surface area contributed by atoms with Gasteiger partial charge in [0.2, 0.25) is 0 Å². The lowest BCUT2D eigenvalue weighted by molar-refractivity contribution is -0.384. The van der Waals surface area contributed by atoms with Crippen LogP contribution < -0.4 is 5.32 Å². The molecule has 2 rings (SSSR count). The Morgan fingerprint density at radius 2 is 2.05 bits per heavy atom. The number of carbonyl (C=O) groups excluding carboxylic acids is 1. The number of anilines is 1. The number of benzene rings is 1. The van der Waals surface area contributed by atoms with Crippen LogP contribution in [0.25, 0.3) is 0 Å². The van der Waals surface area contributed by atoms with E-state index in [0.29, 0.717) is 5.82 Å². The fourth-order valence-electron chi connectivity index (χ4n) is 1.50. The molecule has 6 nitrogen and oxygen atoms in total. The number of hydrogen-bond acceptors (Lipinski definition) is 4. The monoisotopic (exact) mass is 389 g/mol. The third kappa shape index (κ3) is 3.69. The predicted octanol–water partition coefficient (Wildman–Crippen LogP) is 4.31. The van der Waals surface area contributed by atoms with Gasteiger partial charge in [-0.25, -0.2) is 4.98 Å². The second-order valence-electron chi connectivity index (χ2n) is 3.86. The summed E-state index contributed by atoms with van der Waals surface area (Å²) in [5, 5.41) is 13.1. The van der Waals surface area contributed by atoms with Crippen molar-refractivity contribution in [2.75, 3.05) is 5.32 Å². The lowest BCUT2D eigenvalue weighted by Crippen LogP contribution is -2.13. The van der Waals surface area contributed by atoms with E-state index in [1.54, 1.807) is 12.1 Å². The fourth-order valence-corrected chi connectivity index (χ4v) is 2.23. The highest BCUT2D eigenvalue weighted by Gasteiger charge is 2.20. The lowest BCUT2D eigenvalue weighted by Gasteiger charge is -2.06. The van der Waals surface area contributed by atoms with Crippen molar-refractivity contribution in [3.63, 3.8) is 0 Å². The molecule has 0 aliphatic heterocycles. The van der Waals surface area contributed by atoms with Crippen molar-refractivity contribution in [2.45, 2.75) is 0 Å². The summed E-state index contributed by atoms with van der Waals surface area (Å²) in [7, 11) is 0. The van der Waals surface area contributed by atoms with E-state index in [-0.39, 0.29) is 15.6 Å². The van der Waals surface area contributed by atoms with E-state index in [9.17, 15) is 14.9 Å². The van der Waals surface area contributed by atoms with Crippen LogP contribution in [-0.4, -0.2) is 15.8 Å². The van der Waals surface area contributed by atoms with Gasteiger partial charge < -0.3 is 5.32 Å². The van der Waals surface area contributed by atoms with Crippen LogP contribution in [0, 0.1) is 10.1 Å². The summed E-state index contributed by atoms with van der Waals surface area (Å²) < 4.78 is 0.730. The van der Waals surface area contributed by atoms with Crippen LogP contribution in [0.1, 0.15) is 10.4 Å². The first-order valence-electron chi connectivity index (χ1n) is 5.45. The van der Waals surface area contributed by atoms with Crippen molar-refractivity contribution in [2.24, 2.45) is 0 Å². The highest BCUT2D eigenvalue weighted by atomic mass is 79.9. The second-order valence-corrected chi connectivity index (χ2v) is 5.56. The maximum atomic E-state index is 12.1. The Hall–Kier alpha value is -1.70. The van der Waals surface area contributed by atoms with Gasteiger partial charge >= 0.3 is 0 Å². The number of pyridine rings is 1. The molecule has 1 heterocycles. The molecule has 0 fully saturated rings. The maximum absolute atomic E-state index is 12.1. The number of carbonyl (C=O) groups is 1. The average Bonchev–Trinajstić information content (AvgIpc) is 2.41. The number of nitrogens with zero attached hydrogens (tertiary/aromatic N) is 2. The number of rotatable bonds is 3. The smallest absolute Gasteiger partial charge is 0.290 e. The molecule has 0 saturated heterocycles. The summed E-state index contributed by atoms with van der Waals surface area (Å²) >= 11 is 14.8. The Morgan fingerprint density at radius 3 is 2.67 bits per heavy atom. The van der Waals surface area contributed by atoms with Crippen LogP contribution in [0.5, 0.6) is 0 Å². The number of amides is 1. The van der Waals surface area contributed by atoms with E-state index in [0.717, 1.165) is 10.5 Å². The van der Waals surface area contributed by atoms with Gasteiger partial charge in [0.05, 0.1) is 9.95 Å². The minimum atomic E-state index is -0.706. The fraction of sp³-hybridized carbons (Fsp3) is 0. The largest absolute Gasteiger partial charge is 0.307 e. The van der Waals surface area contributed by atoms with Gasteiger partial charge in [-0.15, -0.1) is 0 Å². The summed E-state index contributed by atoms with van der Waals surface area (Å²) in [5.41, 5.74) is -0.422. The van der Waals surface area contributed by atoms with E-state index in [2.05, 4.69) is 26.2 Å². The molecular weight excluding hydrogens is 385 g/mol. The zero-order valence-corrected chi connectivity index (χ0v) is 13.2. The number of nitro benzene ring substituents is 1. The molecule has 0 spiro atoms. The van der Waals surface area contributed by atoms with Crippen molar-refractivity contribution in [3.05, 3.63) is 60.7 Å². The van der Waals surface area contributed by atoms with Crippen LogP contribution in [0.3, 0.4) is 0 Å². The summed E-state index contributed by atoms with van der Waals surface area (Å²) in [5.74, 6) is -0.287. The van der Waals surface area contributed by atoms with Crippen LogP contribution in [0.15, 0.2) is 34.9 Å². The Kier molecular flexibility index (Phi) is 4.76. The Bertz CT molecular complexity index is 740. The van der Waals surface area contributed by atoms with Crippen molar-refractivity contribution in [1.29, 1.82) is 0 Å². The molecule has 108 valence electrons. The van der Waals surface area contributed by atoms with E-state index in [1.165, 1.54) is 12.3 Å². The maximum Gasteiger partial charge on any atom is 0.290 e. The van der Waals surface area contributed by atoms with Crippen LogP contribution >= 0.6 is 39.1 Å². The summed E-state index contributed by atoms with van der Waals surface area (Å²) in [4.78, 5) is 26.2. The van der Waals surface area contributed by atoms with Gasteiger partial charge in [0.1, 0.15) is 10.8 Å². The van der Waals surface area contributed by atoms with Gasteiger partial charge in [0, 0.05) is 22.3 Å². The van der Waals surface area contributed by atoms with Gasteiger partial charge in [-0.1, -0.05) is 39.1 Å². The first kappa shape index (κ1) is 15.7. The molecule has 1 aromatic heterocycles. The third-order valence-electron chi connectivity index (χ3n) is 2.43. The van der Waals surface area contributed by atoms with E-state index in [1.807, 2.05) is 0 Å². The highest BCUT2D eigenvalue weighted by Crippen LogP contribution is 2.33. The van der Waals surface area contributed by atoms with Crippen molar-refractivity contribution < 1.29 is 9.72 Å².